The topological polar surface area (TPSA) is 63.0 Å². The van der Waals surface area contributed by atoms with E-state index >= 15 is 0 Å². The molecule has 3 saturated carbocycles. The highest BCUT2D eigenvalue weighted by Crippen LogP contribution is 2.46. The fourth-order valence-corrected chi connectivity index (χ4v) is 3.86. The van der Waals surface area contributed by atoms with Gasteiger partial charge in [0.1, 0.15) is 5.82 Å². The van der Waals surface area contributed by atoms with E-state index < -0.39 is 0 Å². The zero-order valence-corrected chi connectivity index (χ0v) is 13.4. The summed E-state index contributed by atoms with van der Waals surface area (Å²) < 4.78 is 2.39. The predicted molar refractivity (Wildman–Crippen MR) is 82.6 cm³/mol. The monoisotopic (exact) mass is 308 g/mol. The van der Waals surface area contributed by atoms with Crippen LogP contribution in [0.5, 0.6) is 0 Å². The van der Waals surface area contributed by atoms with E-state index in [-0.39, 0.29) is 12.1 Å². The molecule has 1 aromatic heterocycles. The number of rotatable bonds is 8. The summed E-state index contributed by atoms with van der Waals surface area (Å²) in [4.78, 5) is 0. The summed E-state index contributed by atoms with van der Waals surface area (Å²) in [5.41, 5.74) is -0.216. The van der Waals surface area contributed by atoms with Gasteiger partial charge in [-0.05, 0) is 45.4 Å². The molecule has 0 bridgehead atoms. The van der Waals surface area contributed by atoms with Crippen LogP contribution in [0, 0.1) is 0 Å². The molecule has 6 heteroatoms. The summed E-state index contributed by atoms with van der Waals surface area (Å²) in [6.45, 7) is 2.28. The van der Waals surface area contributed by atoms with Crippen molar-refractivity contribution in [2.45, 2.75) is 74.1 Å². The van der Waals surface area contributed by atoms with Gasteiger partial charge in [-0.25, -0.2) is 0 Å². The zero-order valence-electron chi connectivity index (χ0n) is 12.6. The molecule has 1 atom stereocenters. The zero-order chi connectivity index (χ0) is 14.4. The Kier molecular flexibility index (Phi) is 3.51. The Labute approximate surface area is 129 Å². The molecule has 1 aromatic rings. The van der Waals surface area contributed by atoms with Gasteiger partial charge in [-0.2, -0.15) is 0 Å². The second-order valence-corrected chi connectivity index (χ2v) is 8.08. The van der Waals surface area contributed by atoms with Crippen molar-refractivity contribution in [3.05, 3.63) is 5.82 Å². The van der Waals surface area contributed by atoms with E-state index in [9.17, 15) is 5.11 Å². The van der Waals surface area contributed by atoms with Crippen molar-refractivity contribution >= 4 is 11.8 Å². The number of aliphatic hydroxyl groups excluding tert-OH is 1. The molecule has 4 rings (SSSR count). The lowest BCUT2D eigenvalue weighted by atomic mass is 10.1. The van der Waals surface area contributed by atoms with Crippen LogP contribution in [0.4, 0.5) is 0 Å². The van der Waals surface area contributed by atoms with E-state index in [4.69, 9.17) is 0 Å². The van der Waals surface area contributed by atoms with E-state index in [1.807, 2.05) is 0 Å². The molecule has 3 aliphatic carbocycles. The highest BCUT2D eigenvalue weighted by molar-refractivity contribution is 7.99. The van der Waals surface area contributed by atoms with Crippen molar-refractivity contribution in [1.82, 2.24) is 20.1 Å². The van der Waals surface area contributed by atoms with E-state index in [0.29, 0.717) is 18.0 Å². The SMILES string of the molecule is CC(CO)(CSc1nnc(C2CC2)n1C1CC1)NC1CC1. The normalized spacial score (nSPS) is 25.0. The van der Waals surface area contributed by atoms with Crippen molar-refractivity contribution in [2.75, 3.05) is 12.4 Å². The first-order valence-corrected chi connectivity index (χ1v) is 9.13. The van der Waals surface area contributed by atoms with Gasteiger partial charge in [0.25, 0.3) is 0 Å². The summed E-state index contributed by atoms with van der Waals surface area (Å²) >= 11 is 1.75. The molecule has 2 N–H and O–H groups in total. The van der Waals surface area contributed by atoms with Gasteiger partial charge >= 0.3 is 0 Å². The molecule has 0 aromatic carbocycles. The molecule has 0 spiro atoms. The number of nitrogens with one attached hydrogen (secondary N) is 1. The summed E-state index contributed by atoms with van der Waals surface area (Å²) in [5, 5.41) is 23.2. The van der Waals surface area contributed by atoms with Crippen LogP contribution in [0.25, 0.3) is 0 Å². The average molecular weight is 308 g/mol. The third-order valence-corrected chi connectivity index (χ3v) is 5.86. The molecular formula is C15H24N4OS. The van der Waals surface area contributed by atoms with Gasteiger partial charge in [0.2, 0.25) is 0 Å². The lowest BCUT2D eigenvalue weighted by Crippen LogP contribution is -2.49. The quantitative estimate of drug-likeness (QED) is 0.720. The minimum atomic E-state index is -0.216. The maximum atomic E-state index is 9.72. The first-order valence-electron chi connectivity index (χ1n) is 8.15. The number of aliphatic hydroxyl groups is 1. The summed E-state index contributed by atoms with van der Waals surface area (Å²) in [6, 6.07) is 1.24. The fourth-order valence-electron chi connectivity index (χ4n) is 2.76. The van der Waals surface area contributed by atoms with Crippen molar-refractivity contribution in [3.8, 4) is 0 Å². The van der Waals surface area contributed by atoms with Gasteiger partial charge in [0.05, 0.1) is 6.61 Å². The lowest BCUT2D eigenvalue weighted by Gasteiger charge is -2.28. The Morgan fingerprint density at radius 1 is 1.24 bits per heavy atom. The van der Waals surface area contributed by atoms with Crippen LogP contribution in [0.2, 0.25) is 0 Å². The highest BCUT2D eigenvalue weighted by atomic mass is 32.2. The van der Waals surface area contributed by atoms with Crippen LogP contribution in [0.15, 0.2) is 5.16 Å². The molecule has 0 amide bonds. The lowest BCUT2D eigenvalue weighted by molar-refractivity contribution is 0.190. The smallest absolute Gasteiger partial charge is 0.191 e. The predicted octanol–water partition coefficient (Wildman–Crippen LogP) is 2.09. The minimum Gasteiger partial charge on any atom is -0.394 e. The van der Waals surface area contributed by atoms with E-state index in [2.05, 4.69) is 27.0 Å². The molecule has 3 fully saturated rings. The van der Waals surface area contributed by atoms with Gasteiger partial charge in [-0.3, -0.25) is 0 Å². The number of hydrogen-bond acceptors (Lipinski definition) is 5. The van der Waals surface area contributed by atoms with Crippen LogP contribution in [-0.4, -0.2) is 43.8 Å². The van der Waals surface area contributed by atoms with Crippen LogP contribution >= 0.6 is 11.8 Å². The van der Waals surface area contributed by atoms with E-state index in [1.165, 1.54) is 44.3 Å². The second kappa shape index (κ2) is 5.25. The molecule has 116 valence electrons. The first-order chi connectivity index (χ1) is 10.2. The Hall–Kier alpha value is -0.590. The molecule has 0 saturated heterocycles. The van der Waals surface area contributed by atoms with Crippen molar-refractivity contribution < 1.29 is 5.11 Å². The maximum absolute atomic E-state index is 9.72. The van der Waals surface area contributed by atoms with Crippen LogP contribution in [0.1, 0.15) is 63.2 Å². The average Bonchev–Trinajstić information content (AvgIpc) is 3.32. The molecule has 21 heavy (non-hydrogen) atoms. The van der Waals surface area contributed by atoms with Gasteiger partial charge in [-0.15, -0.1) is 10.2 Å². The van der Waals surface area contributed by atoms with Crippen LogP contribution < -0.4 is 5.32 Å². The number of thioether (sulfide) groups is 1. The van der Waals surface area contributed by atoms with E-state index in [1.54, 1.807) is 11.8 Å². The van der Waals surface area contributed by atoms with Gasteiger partial charge in [0.15, 0.2) is 5.16 Å². The third-order valence-electron chi connectivity index (χ3n) is 4.54. The Balaban J connectivity index is 1.46. The van der Waals surface area contributed by atoms with Gasteiger partial charge in [0, 0.05) is 29.3 Å². The number of nitrogens with zero attached hydrogens (tertiary/aromatic N) is 3. The summed E-state index contributed by atoms with van der Waals surface area (Å²) in [7, 11) is 0. The molecule has 0 radical (unpaired) electrons. The van der Waals surface area contributed by atoms with E-state index in [0.717, 1.165) is 10.9 Å². The first kappa shape index (κ1) is 14.0. The molecule has 1 unspecified atom stereocenters. The summed E-state index contributed by atoms with van der Waals surface area (Å²) in [5.74, 6) is 2.71. The Morgan fingerprint density at radius 2 is 2.00 bits per heavy atom. The van der Waals surface area contributed by atoms with Gasteiger partial charge in [-0.1, -0.05) is 11.8 Å². The van der Waals surface area contributed by atoms with Crippen molar-refractivity contribution in [2.24, 2.45) is 0 Å². The van der Waals surface area contributed by atoms with Crippen molar-refractivity contribution in [3.63, 3.8) is 0 Å². The Bertz CT molecular complexity index is 522. The molecule has 1 heterocycles. The fraction of sp³-hybridized carbons (Fsp3) is 0.867. The molecular weight excluding hydrogens is 284 g/mol. The van der Waals surface area contributed by atoms with Crippen LogP contribution in [0.3, 0.4) is 0 Å². The second-order valence-electron chi connectivity index (χ2n) is 7.14. The van der Waals surface area contributed by atoms with Crippen molar-refractivity contribution in [1.29, 1.82) is 0 Å². The highest BCUT2D eigenvalue weighted by Gasteiger charge is 2.37. The molecule has 3 aliphatic rings. The maximum Gasteiger partial charge on any atom is 0.191 e. The third kappa shape index (κ3) is 3.12. The molecule has 0 aliphatic heterocycles. The minimum absolute atomic E-state index is 0.170. The standard InChI is InChI=1S/C15H24N4OS/c1-15(8-20,16-11-4-5-11)9-21-14-18-17-13(10-2-3-10)19(14)12-6-7-12/h10-12,16,20H,2-9H2,1H3. The Morgan fingerprint density at radius 3 is 2.57 bits per heavy atom. The molecule has 5 nitrogen and oxygen atoms in total. The van der Waals surface area contributed by atoms with Crippen LogP contribution in [-0.2, 0) is 0 Å². The number of aromatic nitrogens is 3. The number of hydrogen-bond donors (Lipinski definition) is 2. The largest absolute Gasteiger partial charge is 0.394 e. The summed E-state index contributed by atoms with van der Waals surface area (Å²) in [6.07, 6.45) is 7.56. The van der Waals surface area contributed by atoms with Gasteiger partial charge < -0.3 is 15.0 Å².